The van der Waals surface area contributed by atoms with Gasteiger partial charge in [0.15, 0.2) is 0 Å². The molecule has 1 saturated heterocycles. The highest BCUT2D eigenvalue weighted by Crippen LogP contribution is 2.39. The van der Waals surface area contributed by atoms with Crippen LogP contribution in [0.4, 0.5) is 4.79 Å². The van der Waals surface area contributed by atoms with E-state index in [1.54, 1.807) is 0 Å². The predicted octanol–water partition coefficient (Wildman–Crippen LogP) is 1.09. The first-order valence-electron chi connectivity index (χ1n) is 9.14. The molecule has 5 N–H and O–H groups in total. The molecule has 0 aromatic carbocycles. The van der Waals surface area contributed by atoms with E-state index in [1.807, 2.05) is 0 Å². The Labute approximate surface area is 160 Å². The van der Waals surface area contributed by atoms with Crippen molar-refractivity contribution in [3.05, 3.63) is 17.5 Å². The van der Waals surface area contributed by atoms with Gasteiger partial charge in [0, 0.05) is 37.3 Å². The van der Waals surface area contributed by atoms with E-state index in [9.17, 15) is 9.59 Å². The second-order valence-corrected chi connectivity index (χ2v) is 7.23. The van der Waals surface area contributed by atoms with E-state index in [2.05, 4.69) is 38.7 Å². The number of carbonyl (C=O) groups is 2. The third-order valence-electron chi connectivity index (χ3n) is 4.99. The first-order valence-corrected chi connectivity index (χ1v) is 9.14. The number of urea groups is 1. The van der Waals surface area contributed by atoms with Gasteiger partial charge >= 0.3 is 6.03 Å². The fourth-order valence-electron chi connectivity index (χ4n) is 3.63. The zero-order chi connectivity index (χ0) is 17.8. The van der Waals surface area contributed by atoms with Gasteiger partial charge in [-0.15, -0.1) is 12.4 Å². The number of likely N-dealkylation sites (tertiary alicyclic amines) is 1. The average Bonchev–Trinajstić information content (AvgIpc) is 3.21. The van der Waals surface area contributed by atoms with E-state index in [4.69, 9.17) is 5.73 Å². The van der Waals surface area contributed by atoms with Gasteiger partial charge in [0.05, 0.1) is 12.2 Å². The van der Waals surface area contributed by atoms with Crippen LogP contribution in [0.3, 0.4) is 0 Å². The van der Waals surface area contributed by atoms with Crippen LogP contribution in [0.1, 0.15) is 49.9 Å². The van der Waals surface area contributed by atoms with Crippen LogP contribution in [0.15, 0.2) is 6.07 Å². The number of hydrogen-bond donors (Lipinski definition) is 4. The summed E-state index contributed by atoms with van der Waals surface area (Å²) in [5, 5.41) is 12.9. The fourth-order valence-corrected chi connectivity index (χ4v) is 3.63. The number of halogens is 1. The SMILES string of the molecule is CCC[C@H]1CN(Cc2cc(C3CC3)n[nH]2)C[C@@H]1NC(=O)CNC(N)=O.Cl. The quantitative estimate of drug-likeness (QED) is 0.536. The molecule has 2 fully saturated rings. The number of nitrogens with two attached hydrogens (primary N) is 1. The summed E-state index contributed by atoms with van der Waals surface area (Å²) in [6.45, 7) is 4.68. The highest BCUT2D eigenvalue weighted by Gasteiger charge is 2.33. The smallest absolute Gasteiger partial charge is 0.312 e. The minimum Gasteiger partial charge on any atom is -0.352 e. The maximum absolute atomic E-state index is 12.0. The Balaban J connectivity index is 0.00000243. The zero-order valence-electron chi connectivity index (χ0n) is 15.2. The van der Waals surface area contributed by atoms with Crippen molar-refractivity contribution < 1.29 is 9.59 Å². The minimum atomic E-state index is -0.681. The molecule has 0 spiro atoms. The van der Waals surface area contributed by atoms with Crippen molar-refractivity contribution >= 4 is 24.3 Å². The number of primary amides is 1. The first kappa shape index (κ1) is 20.5. The van der Waals surface area contributed by atoms with Gasteiger partial charge in [0.1, 0.15) is 0 Å². The number of aromatic amines is 1. The lowest BCUT2D eigenvalue weighted by molar-refractivity contribution is -0.120. The molecule has 1 aliphatic carbocycles. The number of rotatable bonds is 8. The molecule has 2 aliphatic rings. The van der Waals surface area contributed by atoms with Gasteiger partial charge in [-0.2, -0.15) is 5.10 Å². The number of H-pyrrole nitrogens is 1. The van der Waals surface area contributed by atoms with Gasteiger partial charge in [-0.25, -0.2) is 4.79 Å². The summed E-state index contributed by atoms with van der Waals surface area (Å²) in [6.07, 6.45) is 4.65. The molecule has 3 amide bonds. The molecule has 146 valence electrons. The maximum atomic E-state index is 12.0. The average molecular weight is 385 g/mol. The van der Waals surface area contributed by atoms with Gasteiger partial charge in [0.2, 0.25) is 5.91 Å². The molecule has 0 bridgehead atoms. The van der Waals surface area contributed by atoms with Gasteiger partial charge in [-0.1, -0.05) is 13.3 Å². The summed E-state index contributed by atoms with van der Waals surface area (Å²) in [5.41, 5.74) is 7.33. The van der Waals surface area contributed by atoms with Crippen LogP contribution in [0.5, 0.6) is 0 Å². The number of aromatic nitrogens is 2. The monoisotopic (exact) mass is 384 g/mol. The fraction of sp³-hybridized carbons (Fsp3) is 0.706. The number of hydrogen-bond acceptors (Lipinski definition) is 4. The van der Waals surface area contributed by atoms with Crippen LogP contribution in [-0.2, 0) is 11.3 Å². The Morgan fingerprint density at radius 3 is 2.81 bits per heavy atom. The van der Waals surface area contributed by atoms with Gasteiger partial charge in [0.25, 0.3) is 0 Å². The Hall–Kier alpha value is -1.80. The van der Waals surface area contributed by atoms with Crippen LogP contribution >= 0.6 is 12.4 Å². The van der Waals surface area contributed by atoms with Gasteiger partial charge in [-0.05, 0) is 31.2 Å². The molecule has 0 unspecified atom stereocenters. The summed E-state index contributed by atoms with van der Waals surface area (Å²) < 4.78 is 0. The first-order chi connectivity index (χ1) is 12.0. The van der Waals surface area contributed by atoms with Crippen molar-refractivity contribution in [2.45, 2.75) is 51.1 Å². The summed E-state index contributed by atoms with van der Waals surface area (Å²) in [4.78, 5) is 25.1. The molecule has 1 aromatic heterocycles. The Morgan fingerprint density at radius 1 is 1.38 bits per heavy atom. The lowest BCUT2D eigenvalue weighted by atomic mass is 9.98. The molecule has 9 heteroatoms. The molecule has 1 aromatic rings. The number of nitrogens with zero attached hydrogens (tertiary/aromatic N) is 2. The minimum absolute atomic E-state index is 0. The van der Waals surface area contributed by atoms with Gasteiger partial charge in [-0.3, -0.25) is 14.8 Å². The van der Waals surface area contributed by atoms with E-state index >= 15 is 0 Å². The van der Waals surface area contributed by atoms with Crippen LogP contribution in [0.25, 0.3) is 0 Å². The molecule has 1 aliphatic heterocycles. The standard InChI is InChI=1S/C17H28N6O2.ClH/c1-2-3-12-8-23(9-13-6-14(22-21-13)11-4-5-11)10-15(12)20-16(24)7-19-17(18)25;/h6,11-12,15H,2-5,7-10H2,1H3,(H,20,24)(H,21,22)(H3,18,19,25);1H/t12-,15-;/m0./s1. The van der Waals surface area contributed by atoms with Crippen molar-refractivity contribution in [2.24, 2.45) is 11.7 Å². The van der Waals surface area contributed by atoms with Crippen molar-refractivity contribution in [3.63, 3.8) is 0 Å². The third kappa shape index (κ3) is 5.60. The summed E-state index contributed by atoms with van der Waals surface area (Å²) in [7, 11) is 0. The normalized spacial score (nSPS) is 22.7. The van der Waals surface area contributed by atoms with Crippen LogP contribution in [0, 0.1) is 5.92 Å². The Morgan fingerprint density at radius 2 is 2.15 bits per heavy atom. The molecule has 26 heavy (non-hydrogen) atoms. The Bertz CT molecular complexity index is 618. The second-order valence-electron chi connectivity index (χ2n) is 7.23. The maximum Gasteiger partial charge on any atom is 0.312 e. The topological polar surface area (TPSA) is 116 Å². The van der Waals surface area contributed by atoms with Crippen molar-refractivity contribution in [1.82, 2.24) is 25.7 Å². The highest BCUT2D eigenvalue weighted by atomic mass is 35.5. The molecule has 1 saturated carbocycles. The van der Waals surface area contributed by atoms with Crippen molar-refractivity contribution in [1.29, 1.82) is 0 Å². The number of carbonyl (C=O) groups excluding carboxylic acids is 2. The molecule has 3 rings (SSSR count). The Kier molecular flexibility index (Phi) is 7.28. The van der Waals surface area contributed by atoms with Gasteiger partial charge < -0.3 is 16.4 Å². The molecule has 8 nitrogen and oxygen atoms in total. The third-order valence-corrected chi connectivity index (χ3v) is 4.99. The van der Waals surface area contributed by atoms with E-state index in [1.165, 1.54) is 18.5 Å². The summed E-state index contributed by atoms with van der Waals surface area (Å²) in [5.74, 6) is 0.888. The van der Waals surface area contributed by atoms with Crippen LogP contribution < -0.4 is 16.4 Å². The van der Waals surface area contributed by atoms with Crippen LogP contribution in [-0.4, -0.2) is 52.7 Å². The highest BCUT2D eigenvalue weighted by molar-refractivity contribution is 5.85. The second kappa shape index (κ2) is 9.23. The molecule has 2 atom stereocenters. The van der Waals surface area contributed by atoms with Crippen LogP contribution in [0.2, 0.25) is 0 Å². The summed E-state index contributed by atoms with van der Waals surface area (Å²) >= 11 is 0. The van der Waals surface area contributed by atoms with E-state index in [0.717, 1.165) is 38.2 Å². The largest absolute Gasteiger partial charge is 0.352 e. The van der Waals surface area contributed by atoms with E-state index in [-0.39, 0.29) is 30.9 Å². The predicted molar refractivity (Wildman–Crippen MR) is 101 cm³/mol. The lowest BCUT2D eigenvalue weighted by Crippen LogP contribution is -2.46. The zero-order valence-corrected chi connectivity index (χ0v) is 16.0. The number of amides is 3. The van der Waals surface area contributed by atoms with Crippen molar-refractivity contribution in [2.75, 3.05) is 19.6 Å². The number of nitrogens with one attached hydrogen (secondary N) is 3. The molecule has 2 heterocycles. The van der Waals surface area contributed by atoms with E-state index in [0.29, 0.717) is 11.8 Å². The van der Waals surface area contributed by atoms with Crippen molar-refractivity contribution in [3.8, 4) is 0 Å². The lowest BCUT2D eigenvalue weighted by Gasteiger charge is -2.19. The molecule has 0 radical (unpaired) electrons. The van der Waals surface area contributed by atoms with E-state index < -0.39 is 6.03 Å². The summed E-state index contributed by atoms with van der Waals surface area (Å²) in [6, 6.07) is 1.60. The molecular formula is C17H29ClN6O2. The molecular weight excluding hydrogens is 356 g/mol.